The molecule has 118 valence electrons. The molecule has 0 saturated carbocycles. The van der Waals surface area contributed by atoms with Crippen LogP contribution < -0.4 is 5.32 Å². The van der Waals surface area contributed by atoms with E-state index in [-0.39, 0.29) is 18.0 Å². The molecule has 0 saturated heterocycles. The van der Waals surface area contributed by atoms with E-state index in [9.17, 15) is 9.18 Å². The van der Waals surface area contributed by atoms with Gasteiger partial charge in [0.1, 0.15) is 12.1 Å². The fourth-order valence-corrected chi connectivity index (χ4v) is 2.56. The van der Waals surface area contributed by atoms with Crippen LogP contribution in [0.3, 0.4) is 0 Å². The molecule has 23 heavy (non-hydrogen) atoms. The highest BCUT2D eigenvalue weighted by molar-refractivity contribution is 5.91. The van der Waals surface area contributed by atoms with Crippen molar-refractivity contribution in [3.05, 3.63) is 53.2 Å². The summed E-state index contributed by atoms with van der Waals surface area (Å²) in [5, 5.41) is 14.8. The van der Waals surface area contributed by atoms with Crippen molar-refractivity contribution in [2.45, 2.75) is 26.7 Å². The molecule has 2 aromatic heterocycles. The van der Waals surface area contributed by atoms with Gasteiger partial charge >= 0.3 is 0 Å². The van der Waals surface area contributed by atoms with Crippen LogP contribution in [-0.4, -0.2) is 25.7 Å². The minimum Gasteiger partial charge on any atom is -0.324 e. The van der Waals surface area contributed by atoms with Crippen LogP contribution in [0, 0.1) is 19.7 Å². The van der Waals surface area contributed by atoms with Gasteiger partial charge in [-0.25, -0.2) is 8.91 Å². The number of aryl methyl sites for hydroxylation is 2. The molecule has 0 radical (unpaired) electrons. The first-order valence-electron chi connectivity index (χ1n) is 7.26. The summed E-state index contributed by atoms with van der Waals surface area (Å²) < 4.78 is 15.2. The van der Waals surface area contributed by atoms with E-state index in [1.54, 1.807) is 23.0 Å². The maximum absolute atomic E-state index is 13.5. The van der Waals surface area contributed by atoms with Crippen LogP contribution in [0.2, 0.25) is 0 Å². The lowest BCUT2D eigenvalue weighted by Crippen LogP contribution is -2.14. The monoisotopic (exact) mass is 313 g/mol. The Morgan fingerprint density at radius 3 is 2.87 bits per heavy atom. The summed E-state index contributed by atoms with van der Waals surface area (Å²) in [4.78, 5) is 12.0. The van der Waals surface area contributed by atoms with Crippen molar-refractivity contribution in [3.8, 4) is 0 Å². The molecule has 1 N–H and O–H groups in total. The topological polar surface area (TPSA) is 72.2 Å². The maximum atomic E-state index is 13.5. The number of fused-ring (bicyclic) bond motifs is 1. The van der Waals surface area contributed by atoms with Crippen LogP contribution in [-0.2, 0) is 11.2 Å². The number of aromatic nitrogens is 4. The molecule has 3 rings (SSSR count). The van der Waals surface area contributed by atoms with Gasteiger partial charge in [-0.1, -0.05) is 12.1 Å². The second-order valence-electron chi connectivity index (χ2n) is 5.32. The predicted octanol–water partition coefficient (Wildman–Crippen LogP) is 2.45. The Kier molecular flexibility index (Phi) is 4.01. The third kappa shape index (κ3) is 3.03. The van der Waals surface area contributed by atoms with Gasteiger partial charge in [-0.15, -0.1) is 10.2 Å². The molecule has 0 atom stereocenters. The summed E-state index contributed by atoms with van der Waals surface area (Å²) in [6, 6.07) is 6.11. The summed E-state index contributed by atoms with van der Waals surface area (Å²) in [5.74, 6) is -0.685. The van der Waals surface area contributed by atoms with E-state index in [1.807, 2.05) is 13.8 Å². The summed E-state index contributed by atoms with van der Waals surface area (Å²) in [6.45, 7) is 3.82. The van der Waals surface area contributed by atoms with Gasteiger partial charge in [0.15, 0.2) is 5.65 Å². The van der Waals surface area contributed by atoms with E-state index in [0.29, 0.717) is 12.1 Å². The molecule has 0 aliphatic heterocycles. The van der Waals surface area contributed by atoms with Crippen molar-refractivity contribution in [2.24, 2.45) is 0 Å². The molecule has 0 fully saturated rings. The van der Waals surface area contributed by atoms with E-state index >= 15 is 0 Å². The van der Waals surface area contributed by atoms with Gasteiger partial charge in [-0.05, 0) is 38.0 Å². The first-order chi connectivity index (χ1) is 11.1. The number of carbonyl (C=O) groups excluding carboxylic acids is 1. The SMILES string of the molecule is Cc1nn2cnnc2c(C)c1CCC(=O)Nc1ccccc1F. The molecule has 3 aromatic rings. The largest absolute Gasteiger partial charge is 0.324 e. The van der Waals surface area contributed by atoms with Gasteiger partial charge in [-0.2, -0.15) is 5.10 Å². The van der Waals surface area contributed by atoms with Crippen molar-refractivity contribution in [1.82, 2.24) is 19.8 Å². The van der Waals surface area contributed by atoms with Gasteiger partial charge < -0.3 is 5.32 Å². The summed E-state index contributed by atoms with van der Waals surface area (Å²) in [7, 11) is 0. The Labute approximate surface area is 132 Å². The van der Waals surface area contributed by atoms with E-state index < -0.39 is 5.82 Å². The van der Waals surface area contributed by atoms with Crippen molar-refractivity contribution in [1.29, 1.82) is 0 Å². The number of carbonyl (C=O) groups is 1. The Bertz CT molecular complexity index is 874. The molecule has 1 aromatic carbocycles. The highest BCUT2D eigenvalue weighted by atomic mass is 19.1. The summed E-state index contributed by atoms with van der Waals surface area (Å²) in [6.07, 6.45) is 2.29. The van der Waals surface area contributed by atoms with E-state index in [4.69, 9.17) is 0 Å². The smallest absolute Gasteiger partial charge is 0.224 e. The van der Waals surface area contributed by atoms with Gasteiger partial charge in [0.05, 0.1) is 11.4 Å². The van der Waals surface area contributed by atoms with E-state index in [1.165, 1.54) is 12.1 Å². The number of halogens is 1. The number of amides is 1. The molecule has 0 bridgehead atoms. The lowest BCUT2D eigenvalue weighted by molar-refractivity contribution is -0.116. The lowest BCUT2D eigenvalue weighted by Gasteiger charge is -2.10. The van der Waals surface area contributed by atoms with Crippen LogP contribution in [0.1, 0.15) is 23.2 Å². The highest BCUT2D eigenvalue weighted by Crippen LogP contribution is 2.18. The van der Waals surface area contributed by atoms with Crippen molar-refractivity contribution in [3.63, 3.8) is 0 Å². The highest BCUT2D eigenvalue weighted by Gasteiger charge is 2.13. The van der Waals surface area contributed by atoms with Gasteiger partial charge in [-0.3, -0.25) is 4.79 Å². The summed E-state index contributed by atoms with van der Waals surface area (Å²) in [5.41, 5.74) is 3.62. The molecule has 0 aliphatic carbocycles. The molecule has 6 nitrogen and oxygen atoms in total. The third-order valence-corrected chi connectivity index (χ3v) is 3.76. The van der Waals surface area contributed by atoms with Gasteiger partial charge in [0.2, 0.25) is 5.91 Å². The molecule has 7 heteroatoms. The zero-order valence-electron chi connectivity index (χ0n) is 12.9. The van der Waals surface area contributed by atoms with Crippen LogP contribution in [0.4, 0.5) is 10.1 Å². The Morgan fingerprint density at radius 1 is 1.30 bits per heavy atom. The number of para-hydroxylation sites is 1. The van der Waals surface area contributed by atoms with Crippen molar-refractivity contribution >= 4 is 17.2 Å². The number of hydrogen-bond donors (Lipinski definition) is 1. The van der Waals surface area contributed by atoms with Gasteiger partial charge in [0, 0.05) is 12.0 Å². The second-order valence-corrected chi connectivity index (χ2v) is 5.32. The van der Waals surface area contributed by atoms with E-state index in [2.05, 4.69) is 20.6 Å². The molecular formula is C16H16FN5O. The first kappa shape index (κ1) is 15.1. The summed E-state index contributed by atoms with van der Waals surface area (Å²) >= 11 is 0. The Hall–Kier alpha value is -2.83. The zero-order valence-corrected chi connectivity index (χ0v) is 12.9. The van der Waals surface area contributed by atoms with Crippen LogP contribution >= 0.6 is 0 Å². The zero-order chi connectivity index (χ0) is 16.4. The molecular weight excluding hydrogens is 297 g/mol. The normalized spacial score (nSPS) is 10.9. The second kappa shape index (κ2) is 6.12. The fraction of sp³-hybridized carbons (Fsp3) is 0.250. The number of rotatable bonds is 4. The number of nitrogens with zero attached hydrogens (tertiary/aromatic N) is 4. The standard InChI is InChI=1S/C16H16FN5O/c1-10-12(11(2)21-22-9-18-20-16(10)22)7-8-15(23)19-14-6-4-3-5-13(14)17/h3-6,9H,7-8H2,1-2H3,(H,19,23). The van der Waals surface area contributed by atoms with Crippen LogP contribution in [0.25, 0.3) is 5.65 Å². The first-order valence-corrected chi connectivity index (χ1v) is 7.26. The minimum absolute atomic E-state index is 0.192. The molecule has 1 amide bonds. The van der Waals surface area contributed by atoms with Gasteiger partial charge in [0.25, 0.3) is 0 Å². The van der Waals surface area contributed by atoms with E-state index in [0.717, 1.165) is 16.8 Å². The average molecular weight is 313 g/mol. The number of nitrogens with one attached hydrogen (secondary N) is 1. The maximum Gasteiger partial charge on any atom is 0.224 e. The quantitative estimate of drug-likeness (QED) is 0.803. The number of benzene rings is 1. The lowest BCUT2D eigenvalue weighted by atomic mass is 10.0. The predicted molar refractivity (Wildman–Crippen MR) is 83.6 cm³/mol. The van der Waals surface area contributed by atoms with Crippen molar-refractivity contribution < 1.29 is 9.18 Å². The van der Waals surface area contributed by atoms with Crippen LogP contribution in [0.15, 0.2) is 30.6 Å². The average Bonchev–Trinajstić information content (AvgIpc) is 2.98. The molecule has 2 heterocycles. The number of hydrogen-bond acceptors (Lipinski definition) is 4. The molecule has 0 aliphatic rings. The molecule has 0 spiro atoms. The Morgan fingerprint density at radius 2 is 2.09 bits per heavy atom. The Balaban J connectivity index is 1.73. The molecule has 0 unspecified atom stereocenters. The minimum atomic E-state index is -0.445. The number of anilines is 1. The fourth-order valence-electron chi connectivity index (χ4n) is 2.56. The van der Waals surface area contributed by atoms with Crippen LogP contribution in [0.5, 0.6) is 0 Å². The van der Waals surface area contributed by atoms with Crippen molar-refractivity contribution in [2.75, 3.05) is 5.32 Å². The third-order valence-electron chi connectivity index (χ3n) is 3.76.